The van der Waals surface area contributed by atoms with E-state index in [1.807, 2.05) is 47.3 Å². The van der Waals surface area contributed by atoms with Crippen LogP contribution in [0.5, 0.6) is 0 Å². The molecule has 0 N–H and O–H groups in total. The number of para-hydroxylation sites is 1. The summed E-state index contributed by atoms with van der Waals surface area (Å²) in [5.41, 5.74) is 6.08. The highest BCUT2D eigenvalue weighted by atomic mass is 32.2. The molecule has 2 aliphatic rings. The molecule has 2 fully saturated rings. The summed E-state index contributed by atoms with van der Waals surface area (Å²) in [7, 11) is 0. The van der Waals surface area contributed by atoms with Crippen LogP contribution in [0.3, 0.4) is 0 Å². The van der Waals surface area contributed by atoms with Gasteiger partial charge in [-0.05, 0) is 56.5 Å². The number of ether oxygens (including phenoxy) is 1. The van der Waals surface area contributed by atoms with Gasteiger partial charge in [0.15, 0.2) is 0 Å². The summed E-state index contributed by atoms with van der Waals surface area (Å²) in [6, 6.07) is 16.4. The van der Waals surface area contributed by atoms with Crippen LogP contribution in [-0.2, 0) is 9.53 Å². The Bertz CT molecular complexity index is 1240. The average Bonchev–Trinajstić information content (AvgIpc) is 3.54. The molecular weight excluding hydrogens is 450 g/mol. The zero-order chi connectivity index (χ0) is 22.9. The minimum absolute atomic E-state index is 0.0557. The molecule has 0 radical (unpaired) electrons. The number of rotatable bonds is 5. The molecule has 0 spiro atoms. The smallest absolute Gasteiger partial charge is 0.266 e. The first-order chi connectivity index (χ1) is 16.0. The van der Waals surface area contributed by atoms with Crippen LogP contribution in [-0.4, -0.2) is 44.2 Å². The van der Waals surface area contributed by atoms with Crippen molar-refractivity contribution in [2.45, 2.75) is 32.8 Å². The van der Waals surface area contributed by atoms with Crippen LogP contribution in [0, 0.1) is 13.8 Å². The van der Waals surface area contributed by atoms with Gasteiger partial charge in [0.1, 0.15) is 10.0 Å². The molecular formula is C26H25N3O2S2. The summed E-state index contributed by atoms with van der Waals surface area (Å²) >= 11 is 6.89. The molecule has 3 aromatic rings. The van der Waals surface area contributed by atoms with Crippen molar-refractivity contribution in [1.29, 1.82) is 0 Å². The standard InChI is InChI=1S/C26H25N3O2S2/c1-17-10-11-18(2)22(13-17)24-19(15-29(27-24)20-7-4-3-5-8-20)14-23-25(30)28(26(32)33-23)16-21-9-6-12-31-21/h3-5,7-8,10-11,13-15,21H,6,9,12,16H2,1-2H3/b23-14+/t21-/m1/s1. The molecule has 0 bridgehead atoms. The van der Waals surface area contributed by atoms with Crippen LogP contribution in [0.1, 0.15) is 29.5 Å². The van der Waals surface area contributed by atoms with Crippen molar-refractivity contribution in [3.63, 3.8) is 0 Å². The molecule has 33 heavy (non-hydrogen) atoms. The number of thiocarbonyl (C=S) groups is 1. The van der Waals surface area contributed by atoms with E-state index in [9.17, 15) is 4.79 Å². The predicted octanol–water partition coefficient (Wildman–Crippen LogP) is 5.54. The fourth-order valence-electron chi connectivity index (χ4n) is 4.20. The van der Waals surface area contributed by atoms with Crippen LogP contribution < -0.4 is 0 Å². The van der Waals surface area contributed by atoms with Crippen molar-refractivity contribution in [2.75, 3.05) is 13.2 Å². The highest BCUT2D eigenvalue weighted by Crippen LogP contribution is 2.36. The number of aryl methyl sites for hydroxylation is 2. The maximum absolute atomic E-state index is 13.2. The van der Waals surface area contributed by atoms with Gasteiger partial charge < -0.3 is 4.74 Å². The number of thioether (sulfide) groups is 1. The van der Waals surface area contributed by atoms with Crippen molar-refractivity contribution in [1.82, 2.24) is 14.7 Å². The van der Waals surface area contributed by atoms with Crippen LogP contribution in [0.25, 0.3) is 23.0 Å². The quantitative estimate of drug-likeness (QED) is 0.358. The Morgan fingerprint density at radius 3 is 2.79 bits per heavy atom. The normalized spacial score (nSPS) is 19.8. The van der Waals surface area contributed by atoms with Crippen molar-refractivity contribution < 1.29 is 9.53 Å². The Morgan fingerprint density at radius 1 is 1.21 bits per heavy atom. The molecule has 1 aromatic heterocycles. The van der Waals surface area contributed by atoms with Gasteiger partial charge >= 0.3 is 0 Å². The monoisotopic (exact) mass is 475 g/mol. The van der Waals surface area contributed by atoms with E-state index in [0.717, 1.165) is 47.5 Å². The molecule has 0 unspecified atom stereocenters. The summed E-state index contributed by atoms with van der Waals surface area (Å²) in [4.78, 5) is 15.5. The van der Waals surface area contributed by atoms with Crippen molar-refractivity contribution in [3.05, 3.63) is 76.3 Å². The summed E-state index contributed by atoms with van der Waals surface area (Å²) in [5.74, 6) is -0.0557. The maximum Gasteiger partial charge on any atom is 0.266 e. The van der Waals surface area contributed by atoms with Gasteiger partial charge in [-0.3, -0.25) is 9.69 Å². The Labute approximate surface area is 203 Å². The lowest BCUT2D eigenvalue weighted by molar-refractivity contribution is -0.123. The SMILES string of the molecule is Cc1ccc(C)c(-c2nn(-c3ccccc3)cc2/C=C2/SC(=S)N(C[C@H]3CCCO3)C2=O)c1. The van der Waals surface area contributed by atoms with E-state index >= 15 is 0 Å². The number of carbonyl (C=O) groups excluding carboxylic acids is 1. The molecule has 168 valence electrons. The lowest BCUT2D eigenvalue weighted by Gasteiger charge is -2.18. The van der Waals surface area contributed by atoms with Crippen molar-refractivity contribution >= 4 is 40.3 Å². The second-order valence-corrected chi connectivity index (χ2v) is 10.1. The first kappa shape index (κ1) is 22.1. The molecule has 0 aliphatic carbocycles. The van der Waals surface area contributed by atoms with Gasteiger partial charge in [0.2, 0.25) is 0 Å². The predicted molar refractivity (Wildman–Crippen MR) is 137 cm³/mol. The number of aromatic nitrogens is 2. The zero-order valence-electron chi connectivity index (χ0n) is 18.7. The zero-order valence-corrected chi connectivity index (χ0v) is 20.3. The summed E-state index contributed by atoms with van der Waals surface area (Å²) in [6.07, 6.45) is 5.99. The molecule has 1 amide bonds. The first-order valence-electron chi connectivity index (χ1n) is 11.1. The van der Waals surface area contributed by atoms with Gasteiger partial charge in [0, 0.05) is 23.9 Å². The Morgan fingerprint density at radius 2 is 2.03 bits per heavy atom. The summed E-state index contributed by atoms with van der Waals surface area (Å²) in [5, 5.41) is 4.93. The molecule has 5 rings (SSSR count). The van der Waals surface area contributed by atoms with E-state index in [1.165, 1.54) is 17.3 Å². The Balaban J connectivity index is 1.55. The van der Waals surface area contributed by atoms with E-state index < -0.39 is 0 Å². The third kappa shape index (κ3) is 4.53. The molecule has 2 saturated heterocycles. The number of benzene rings is 2. The van der Waals surface area contributed by atoms with Gasteiger partial charge in [0.25, 0.3) is 5.91 Å². The van der Waals surface area contributed by atoms with Gasteiger partial charge in [-0.25, -0.2) is 4.68 Å². The molecule has 0 saturated carbocycles. The second-order valence-electron chi connectivity index (χ2n) is 8.46. The maximum atomic E-state index is 13.2. The lowest BCUT2D eigenvalue weighted by Crippen LogP contribution is -2.35. The highest BCUT2D eigenvalue weighted by molar-refractivity contribution is 8.26. The Hall–Kier alpha value is -2.74. The molecule has 1 atom stereocenters. The van der Waals surface area contributed by atoms with Gasteiger partial charge in [0.05, 0.1) is 23.2 Å². The van der Waals surface area contributed by atoms with Crippen LogP contribution >= 0.6 is 24.0 Å². The third-order valence-electron chi connectivity index (χ3n) is 5.98. The van der Waals surface area contributed by atoms with Crippen molar-refractivity contribution in [3.8, 4) is 16.9 Å². The lowest BCUT2D eigenvalue weighted by atomic mass is 10.0. The van der Waals surface area contributed by atoms with Gasteiger partial charge in [-0.2, -0.15) is 5.10 Å². The molecule has 3 heterocycles. The molecule has 7 heteroatoms. The minimum Gasteiger partial charge on any atom is -0.376 e. The van der Waals surface area contributed by atoms with Crippen LogP contribution in [0.4, 0.5) is 0 Å². The number of hydrogen-bond donors (Lipinski definition) is 0. The summed E-state index contributed by atoms with van der Waals surface area (Å²) in [6.45, 7) is 5.44. The fourth-order valence-corrected chi connectivity index (χ4v) is 5.46. The third-order valence-corrected chi connectivity index (χ3v) is 7.36. The minimum atomic E-state index is -0.0557. The number of nitrogens with zero attached hydrogens (tertiary/aromatic N) is 3. The van der Waals surface area contributed by atoms with E-state index in [1.54, 1.807) is 4.90 Å². The topological polar surface area (TPSA) is 47.4 Å². The largest absolute Gasteiger partial charge is 0.376 e. The molecule has 2 aliphatic heterocycles. The number of amides is 1. The van der Waals surface area contributed by atoms with E-state index in [2.05, 4.69) is 32.0 Å². The Kier molecular flexibility index (Phi) is 6.19. The van der Waals surface area contributed by atoms with Crippen LogP contribution in [0.2, 0.25) is 0 Å². The highest BCUT2D eigenvalue weighted by Gasteiger charge is 2.35. The summed E-state index contributed by atoms with van der Waals surface area (Å²) < 4.78 is 8.18. The van der Waals surface area contributed by atoms with E-state index in [4.69, 9.17) is 22.1 Å². The van der Waals surface area contributed by atoms with Gasteiger partial charge in [-0.15, -0.1) is 0 Å². The first-order valence-corrected chi connectivity index (χ1v) is 12.3. The van der Waals surface area contributed by atoms with E-state index in [0.29, 0.717) is 15.8 Å². The molecule has 5 nitrogen and oxygen atoms in total. The van der Waals surface area contributed by atoms with Crippen molar-refractivity contribution in [2.24, 2.45) is 0 Å². The molecule has 2 aromatic carbocycles. The van der Waals surface area contributed by atoms with Gasteiger partial charge in [-0.1, -0.05) is 59.9 Å². The average molecular weight is 476 g/mol. The van der Waals surface area contributed by atoms with E-state index in [-0.39, 0.29) is 12.0 Å². The second kappa shape index (κ2) is 9.25. The number of carbonyl (C=O) groups is 1. The van der Waals surface area contributed by atoms with Crippen LogP contribution in [0.15, 0.2) is 59.6 Å². The fraction of sp³-hybridized carbons (Fsp3) is 0.269. The number of hydrogen-bond acceptors (Lipinski definition) is 5.